The van der Waals surface area contributed by atoms with Crippen molar-refractivity contribution in [1.82, 2.24) is 14.8 Å². The van der Waals surface area contributed by atoms with E-state index in [1.807, 2.05) is 35.2 Å². The number of benzene rings is 1. The molecule has 2 aliphatic heterocycles. The Bertz CT molecular complexity index is 913. The van der Waals surface area contributed by atoms with Crippen LogP contribution in [0.15, 0.2) is 42.6 Å². The molecule has 3 heterocycles. The Morgan fingerprint density at radius 2 is 1.83 bits per heavy atom. The maximum absolute atomic E-state index is 13.3. The lowest BCUT2D eigenvalue weighted by atomic mass is 9.92. The summed E-state index contributed by atoms with van der Waals surface area (Å²) in [7, 11) is 1.76. The Hall–Kier alpha value is -2.31. The molecule has 2 fully saturated rings. The molecule has 0 spiro atoms. The van der Waals surface area contributed by atoms with Gasteiger partial charge in [0.1, 0.15) is 5.82 Å². The minimum absolute atomic E-state index is 0.0164. The average molecular weight is 433 g/mol. The highest BCUT2D eigenvalue weighted by Crippen LogP contribution is 2.39. The van der Waals surface area contributed by atoms with Crippen molar-refractivity contribution in [1.29, 1.82) is 0 Å². The van der Waals surface area contributed by atoms with Crippen LogP contribution in [0.5, 0.6) is 0 Å². The minimum Gasteiger partial charge on any atom is -0.353 e. The molecule has 2 unspecified atom stereocenters. The van der Waals surface area contributed by atoms with Gasteiger partial charge < -0.3 is 14.7 Å². The monoisotopic (exact) mass is 432 g/mol. The van der Waals surface area contributed by atoms with Gasteiger partial charge in [0.25, 0.3) is 0 Å². The van der Waals surface area contributed by atoms with E-state index in [2.05, 4.69) is 9.88 Å². The minimum atomic E-state index is -0.397. The van der Waals surface area contributed by atoms with Crippen molar-refractivity contribution in [2.24, 2.45) is 5.92 Å². The Morgan fingerprint density at radius 1 is 1.07 bits per heavy atom. The van der Waals surface area contributed by atoms with Crippen LogP contribution in [0.2, 0.25) is 10.0 Å². The molecule has 1 aromatic carbocycles. The third-order valence-corrected chi connectivity index (χ3v) is 6.18. The van der Waals surface area contributed by atoms with Gasteiger partial charge >= 0.3 is 0 Å². The van der Waals surface area contributed by atoms with E-state index < -0.39 is 5.92 Å². The molecule has 6 nitrogen and oxygen atoms in total. The van der Waals surface area contributed by atoms with Crippen LogP contribution >= 0.6 is 23.2 Å². The summed E-state index contributed by atoms with van der Waals surface area (Å²) in [6.07, 6.45) is 1.86. The lowest BCUT2D eigenvalue weighted by Gasteiger charge is -2.37. The summed E-state index contributed by atoms with van der Waals surface area (Å²) in [6.45, 7) is 2.58. The molecule has 2 aromatic rings. The second-order valence-electron chi connectivity index (χ2n) is 7.46. The van der Waals surface area contributed by atoms with Gasteiger partial charge in [-0.1, -0.05) is 35.3 Å². The molecule has 0 radical (unpaired) electrons. The molecule has 4 rings (SSSR count). The molecule has 29 heavy (non-hydrogen) atoms. The summed E-state index contributed by atoms with van der Waals surface area (Å²) < 4.78 is 0. The zero-order chi connectivity index (χ0) is 20.5. The fourth-order valence-corrected chi connectivity index (χ4v) is 4.49. The SMILES string of the molecule is CN1C(=O)CC(C(=O)N2CCN(c3ccc(Cl)cn3)CC2)C1c1cccc(Cl)c1. The Labute approximate surface area is 180 Å². The standard InChI is InChI=1S/C21H22Cl2N4O2/c1-25-19(28)12-17(20(25)14-3-2-4-15(22)11-14)21(29)27-9-7-26(8-10-27)18-6-5-16(23)13-24-18/h2-6,11,13,17,20H,7-10,12H2,1H3. The quantitative estimate of drug-likeness (QED) is 0.746. The first-order chi connectivity index (χ1) is 13.9. The van der Waals surface area contributed by atoms with Crippen molar-refractivity contribution in [2.75, 3.05) is 38.1 Å². The van der Waals surface area contributed by atoms with Crippen LogP contribution in [0.1, 0.15) is 18.0 Å². The number of hydrogen-bond donors (Lipinski definition) is 0. The number of pyridine rings is 1. The van der Waals surface area contributed by atoms with Crippen LogP contribution in [0.25, 0.3) is 0 Å². The maximum atomic E-state index is 13.3. The van der Waals surface area contributed by atoms with Gasteiger partial charge in [-0.05, 0) is 29.8 Å². The molecule has 2 amide bonds. The van der Waals surface area contributed by atoms with Crippen LogP contribution in [-0.4, -0.2) is 59.8 Å². The lowest BCUT2D eigenvalue weighted by Crippen LogP contribution is -2.51. The number of carbonyl (C=O) groups excluding carboxylic acids is 2. The third kappa shape index (κ3) is 4.05. The molecule has 0 saturated carbocycles. The number of rotatable bonds is 3. The van der Waals surface area contributed by atoms with E-state index in [0.717, 1.165) is 11.4 Å². The van der Waals surface area contributed by atoms with Crippen LogP contribution in [0.3, 0.4) is 0 Å². The van der Waals surface area contributed by atoms with E-state index in [-0.39, 0.29) is 24.3 Å². The third-order valence-electron chi connectivity index (χ3n) is 5.72. The largest absolute Gasteiger partial charge is 0.353 e. The number of amides is 2. The van der Waals surface area contributed by atoms with E-state index in [0.29, 0.717) is 36.2 Å². The summed E-state index contributed by atoms with van der Waals surface area (Å²) in [5, 5.41) is 1.20. The normalized spacial score (nSPS) is 22.3. The van der Waals surface area contributed by atoms with E-state index >= 15 is 0 Å². The van der Waals surface area contributed by atoms with Crippen LogP contribution in [0, 0.1) is 5.92 Å². The van der Waals surface area contributed by atoms with Gasteiger partial charge in [0.2, 0.25) is 11.8 Å². The molecule has 152 valence electrons. The number of aromatic nitrogens is 1. The smallest absolute Gasteiger partial charge is 0.228 e. The van der Waals surface area contributed by atoms with Crippen molar-refractivity contribution in [2.45, 2.75) is 12.5 Å². The van der Waals surface area contributed by atoms with E-state index in [4.69, 9.17) is 23.2 Å². The Morgan fingerprint density at radius 3 is 2.48 bits per heavy atom. The zero-order valence-electron chi connectivity index (χ0n) is 16.1. The number of anilines is 1. The van der Waals surface area contributed by atoms with Crippen LogP contribution < -0.4 is 4.90 Å². The summed E-state index contributed by atoms with van der Waals surface area (Å²) in [4.78, 5) is 35.7. The first-order valence-electron chi connectivity index (χ1n) is 9.60. The molecular formula is C21H22Cl2N4O2. The summed E-state index contributed by atoms with van der Waals surface area (Å²) >= 11 is 12.1. The second kappa shape index (κ2) is 8.20. The van der Waals surface area contributed by atoms with Crippen molar-refractivity contribution in [3.63, 3.8) is 0 Å². The Balaban J connectivity index is 1.47. The van der Waals surface area contributed by atoms with Crippen molar-refractivity contribution < 1.29 is 9.59 Å². The molecule has 2 aliphatic rings. The number of halogens is 2. The number of hydrogen-bond acceptors (Lipinski definition) is 4. The molecule has 8 heteroatoms. The van der Waals surface area contributed by atoms with Gasteiger partial charge in [-0.15, -0.1) is 0 Å². The maximum Gasteiger partial charge on any atom is 0.228 e. The van der Waals surface area contributed by atoms with Gasteiger partial charge in [-0.3, -0.25) is 9.59 Å². The highest BCUT2D eigenvalue weighted by molar-refractivity contribution is 6.30. The van der Waals surface area contributed by atoms with Gasteiger partial charge in [0, 0.05) is 50.9 Å². The van der Waals surface area contributed by atoms with Crippen LogP contribution in [-0.2, 0) is 9.59 Å². The predicted octanol–water partition coefficient (Wildman–Crippen LogP) is 3.26. The van der Waals surface area contributed by atoms with Gasteiger partial charge in [-0.2, -0.15) is 0 Å². The fraction of sp³-hybridized carbons (Fsp3) is 0.381. The molecule has 1 aromatic heterocycles. The predicted molar refractivity (Wildman–Crippen MR) is 113 cm³/mol. The molecule has 2 atom stereocenters. The molecular weight excluding hydrogens is 411 g/mol. The fourth-order valence-electron chi connectivity index (χ4n) is 4.18. The average Bonchev–Trinajstić information content (AvgIpc) is 3.03. The first-order valence-corrected chi connectivity index (χ1v) is 10.4. The van der Waals surface area contributed by atoms with Crippen LogP contribution in [0.4, 0.5) is 5.82 Å². The van der Waals surface area contributed by atoms with Crippen molar-refractivity contribution in [3.8, 4) is 0 Å². The lowest BCUT2D eigenvalue weighted by molar-refractivity contribution is -0.136. The summed E-state index contributed by atoms with van der Waals surface area (Å²) in [6, 6.07) is 10.8. The molecule has 0 bridgehead atoms. The number of nitrogens with zero attached hydrogens (tertiary/aromatic N) is 4. The number of piperazine rings is 1. The summed E-state index contributed by atoms with van der Waals surface area (Å²) in [5.74, 6) is 0.467. The first kappa shape index (κ1) is 20.0. The highest BCUT2D eigenvalue weighted by atomic mass is 35.5. The molecule has 2 saturated heterocycles. The topological polar surface area (TPSA) is 56.8 Å². The second-order valence-corrected chi connectivity index (χ2v) is 8.33. The molecule has 0 aliphatic carbocycles. The highest BCUT2D eigenvalue weighted by Gasteiger charge is 2.44. The van der Waals surface area contributed by atoms with E-state index in [1.54, 1.807) is 24.2 Å². The van der Waals surface area contributed by atoms with Crippen molar-refractivity contribution >= 4 is 40.8 Å². The Kier molecular flexibility index (Phi) is 5.65. The number of carbonyl (C=O) groups is 2. The molecule has 0 N–H and O–H groups in total. The van der Waals surface area contributed by atoms with E-state index in [9.17, 15) is 9.59 Å². The van der Waals surface area contributed by atoms with Crippen molar-refractivity contribution in [3.05, 3.63) is 58.2 Å². The van der Waals surface area contributed by atoms with Gasteiger partial charge in [0.15, 0.2) is 0 Å². The van der Waals surface area contributed by atoms with Gasteiger partial charge in [-0.25, -0.2) is 4.98 Å². The summed E-state index contributed by atoms with van der Waals surface area (Å²) in [5.41, 5.74) is 0.896. The van der Waals surface area contributed by atoms with Gasteiger partial charge in [0.05, 0.1) is 17.0 Å². The van der Waals surface area contributed by atoms with E-state index in [1.165, 1.54) is 0 Å². The zero-order valence-corrected chi connectivity index (χ0v) is 17.6. The number of likely N-dealkylation sites (tertiary alicyclic amines) is 1.